The first-order chi connectivity index (χ1) is 21.3. The summed E-state index contributed by atoms with van der Waals surface area (Å²) < 4.78 is 10.9. The monoisotopic (exact) mass is 590 g/mol. The standard InChI is InChI=1S/C34H30N4O6/c1-21(2)23-9-11-24(12-10-23)31(33(41)36-25-13-14-28-29(16-25)44-20-43-28)38(18-22-6-5-15-35-17-22)30(39)19-37-27-8-4-3-7-26(27)32(40)34(37)42/h3-17,21,31H,18-20H2,1-2H3,(H,36,41)/t31-/m0/s1. The Hall–Kier alpha value is -5.51. The van der Waals surface area contributed by atoms with E-state index in [1.165, 1.54) is 9.80 Å². The number of carbonyl (C=O) groups excluding carboxylic acids is 4. The number of hydrogen-bond donors (Lipinski definition) is 1. The predicted octanol–water partition coefficient (Wildman–Crippen LogP) is 4.87. The first kappa shape index (κ1) is 28.6. The van der Waals surface area contributed by atoms with Gasteiger partial charge in [0.1, 0.15) is 12.6 Å². The quantitative estimate of drug-likeness (QED) is 0.276. The number of ether oxygens (including phenoxy) is 2. The van der Waals surface area contributed by atoms with Crippen LogP contribution in [0.3, 0.4) is 0 Å². The second-order valence-electron chi connectivity index (χ2n) is 10.9. The van der Waals surface area contributed by atoms with Gasteiger partial charge >= 0.3 is 0 Å². The van der Waals surface area contributed by atoms with Crippen molar-refractivity contribution in [2.45, 2.75) is 32.4 Å². The molecule has 0 aliphatic carbocycles. The number of pyridine rings is 1. The number of benzene rings is 3. The lowest BCUT2D eigenvalue weighted by Gasteiger charge is -2.33. The van der Waals surface area contributed by atoms with E-state index in [1.807, 2.05) is 30.3 Å². The summed E-state index contributed by atoms with van der Waals surface area (Å²) in [5.41, 5.74) is 3.40. The van der Waals surface area contributed by atoms with Gasteiger partial charge in [-0.25, -0.2) is 0 Å². The molecule has 3 heterocycles. The van der Waals surface area contributed by atoms with E-state index in [1.54, 1.807) is 60.9 Å². The van der Waals surface area contributed by atoms with Crippen molar-refractivity contribution >= 4 is 34.9 Å². The average molecular weight is 591 g/mol. The van der Waals surface area contributed by atoms with Crippen LogP contribution in [0.15, 0.2) is 91.3 Å². The number of para-hydroxylation sites is 1. The predicted molar refractivity (Wildman–Crippen MR) is 162 cm³/mol. The van der Waals surface area contributed by atoms with Gasteiger partial charge in [0.2, 0.25) is 12.7 Å². The van der Waals surface area contributed by atoms with E-state index < -0.39 is 36.1 Å². The molecule has 0 unspecified atom stereocenters. The Labute approximate surface area is 254 Å². The summed E-state index contributed by atoms with van der Waals surface area (Å²) in [5.74, 6) is -1.12. The lowest BCUT2D eigenvalue weighted by Crippen LogP contribution is -2.46. The van der Waals surface area contributed by atoms with Crippen LogP contribution in [0.2, 0.25) is 0 Å². The largest absolute Gasteiger partial charge is 0.454 e. The second-order valence-corrected chi connectivity index (χ2v) is 10.9. The summed E-state index contributed by atoms with van der Waals surface area (Å²) in [6, 6.07) is 21.6. The van der Waals surface area contributed by atoms with E-state index in [4.69, 9.17) is 9.47 Å². The molecule has 0 radical (unpaired) electrons. The third kappa shape index (κ3) is 5.61. The molecule has 2 aliphatic rings. The fraction of sp³-hybridized carbons (Fsp3) is 0.206. The molecule has 4 aromatic rings. The topological polar surface area (TPSA) is 118 Å². The molecule has 10 nitrogen and oxygen atoms in total. The Morgan fingerprint density at radius 1 is 0.932 bits per heavy atom. The molecule has 44 heavy (non-hydrogen) atoms. The molecule has 222 valence electrons. The Morgan fingerprint density at radius 2 is 1.68 bits per heavy atom. The van der Waals surface area contributed by atoms with Crippen LogP contribution in [-0.2, 0) is 20.9 Å². The van der Waals surface area contributed by atoms with Crippen LogP contribution in [0.25, 0.3) is 0 Å². The Morgan fingerprint density at radius 3 is 2.43 bits per heavy atom. The SMILES string of the molecule is CC(C)c1ccc([C@@H](C(=O)Nc2ccc3c(c2)OCO3)N(Cc2cccnc2)C(=O)CN2C(=O)C(=O)c3ccccc32)cc1. The smallest absolute Gasteiger partial charge is 0.299 e. The molecule has 2 aliphatic heterocycles. The molecule has 10 heteroatoms. The van der Waals surface area contributed by atoms with Gasteiger partial charge in [-0.15, -0.1) is 0 Å². The van der Waals surface area contributed by atoms with Crippen LogP contribution in [0, 0.1) is 0 Å². The van der Waals surface area contributed by atoms with E-state index in [0.717, 1.165) is 5.56 Å². The number of anilines is 2. The summed E-state index contributed by atoms with van der Waals surface area (Å²) in [6.07, 6.45) is 3.24. The van der Waals surface area contributed by atoms with Crippen molar-refractivity contribution in [3.05, 3.63) is 114 Å². The minimum Gasteiger partial charge on any atom is -0.454 e. The number of rotatable bonds is 9. The zero-order chi connectivity index (χ0) is 30.8. The Balaban J connectivity index is 1.39. The van der Waals surface area contributed by atoms with E-state index >= 15 is 0 Å². The van der Waals surface area contributed by atoms with Gasteiger partial charge in [0.25, 0.3) is 17.6 Å². The average Bonchev–Trinajstić information content (AvgIpc) is 3.60. The molecule has 3 amide bonds. The van der Waals surface area contributed by atoms with Gasteiger partial charge < -0.3 is 19.7 Å². The highest BCUT2D eigenvalue weighted by atomic mass is 16.7. The maximum Gasteiger partial charge on any atom is 0.299 e. The third-order valence-electron chi connectivity index (χ3n) is 7.69. The molecule has 0 fully saturated rings. The summed E-state index contributed by atoms with van der Waals surface area (Å²) in [7, 11) is 0. The normalized spacial score (nSPS) is 14.0. The molecular weight excluding hydrogens is 560 g/mol. The number of aromatic nitrogens is 1. The highest BCUT2D eigenvalue weighted by Gasteiger charge is 2.39. The van der Waals surface area contributed by atoms with E-state index in [9.17, 15) is 19.2 Å². The van der Waals surface area contributed by atoms with Crippen LogP contribution in [0.5, 0.6) is 11.5 Å². The third-order valence-corrected chi connectivity index (χ3v) is 7.69. The molecule has 1 aromatic heterocycles. The van der Waals surface area contributed by atoms with Crippen molar-refractivity contribution in [1.29, 1.82) is 0 Å². The summed E-state index contributed by atoms with van der Waals surface area (Å²) in [5, 5.41) is 2.94. The Bertz CT molecular complexity index is 1740. The number of nitrogens with zero attached hydrogens (tertiary/aromatic N) is 3. The number of hydrogen-bond acceptors (Lipinski definition) is 7. The molecule has 0 bridgehead atoms. The molecule has 1 N–H and O–H groups in total. The minimum atomic E-state index is -1.10. The van der Waals surface area contributed by atoms with Gasteiger partial charge in [0, 0.05) is 30.7 Å². The van der Waals surface area contributed by atoms with Gasteiger partial charge in [-0.1, -0.05) is 56.3 Å². The molecule has 0 saturated heterocycles. The van der Waals surface area contributed by atoms with E-state index in [2.05, 4.69) is 24.1 Å². The first-order valence-electron chi connectivity index (χ1n) is 14.2. The molecule has 0 spiro atoms. The van der Waals surface area contributed by atoms with E-state index in [0.29, 0.717) is 34.0 Å². The molecular formula is C34H30N4O6. The molecule has 6 rings (SSSR count). The van der Waals surface area contributed by atoms with Crippen molar-refractivity contribution in [3.8, 4) is 11.5 Å². The van der Waals surface area contributed by atoms with Gasteiger partial charge in [-0.3, -0.25) is 29.1 Å². The molecule has 0 saturated carbocycles. The number of nitrogens with one attached hydrogen (secondary N) is 1. The van der Waals surface area contributed by atoms with Crippen molar-refractivity contribution in [1.82, 2.24) is 9.88 Å². The number of ketones is 1. The molecule has 1 atom stereocenters. The van der Waals surface area contributed by atoms with Crippen molar-refractivity contribution in [2.24, 2.45) is 0 Å². The fourth-order valence-corrected chi connectivity index (χ4v) is 5.36. The number of fused-ring (bicyclic) bond motifs is 2. The van der Waals surface area contributed by atoms with Crippen LogP contribution < -0.4 is 19.7 Å². The number of carbonyl (C=O) groups is 4. The van der Waals surface area contributed by atoms with Gasteiger partial charge in [-0.05, 0) is 52.9 Å². The highest BCUT2D eigenvalue weighted by molar-refractivity contribution is 6.52. The summed E-state index contributed by atoms with van der Waals surface area (Å²) >= 11 is 0. The van der Waals surface area contributed by atoms with Crippen LogP contribution >= 0.6 is 0 Å². The van der Waals surface area contributed by atoms with Crippen LogP contribution in [-0.4, -0.2) is 46.7 Å². The summed E-state index contributed by atoms with van der Waals surface area (Å²) in [6.45, 7) is 3.83. The van der Waals surface area contributed by atoms with Crippen molar-refractivity contribution in [2.75, 3.05) is 23.6 Å². The van der Waals surface area contributed by atoms with Gasteiger partial charge in [0.15, 0.2) is 11.5 Å². The van der Waals surface area contributed by atoms with Crippen LogP contribution in [0.1, 0.15) is 52.9 Å². The zero-order valence-corrected chi connectivity index (χ0v) is 24.2. The lowest BCUT2D eigenvalue weighted by molar-refractivity contribution is -0.139. The summed E-state index contributed by atoms with van der Waals surface area (Å²) in [4.78, 5) is 60.9. The van der Waals surface area contributed by atoms with E-state index in [-0.39, 0.29) is 24.8 Å². The number of Topliss-reactive ketones (excluding diaryl/α,β-unsaturated/α-hetero) is 1. The van der Waals surface area contributed by atoms with Crippen molar-refractivity contribution < 1.29 is 28.7 Å². The molecule has 3 aromatic carbocycles. The first-order valence-corrected chi connectivity index (χ1v) is 14.2. The minimum absolute atomic E-state index is 0.0233. The highest BCUT2D eigenvalue weighted by Crippen LogP contribution is 2.35. The number of amides is 3. The maximum absolute atomic E-state index is 14.2. The fourth-order valence-electron chi connectivity index (χ4n) is 5.36. The Kier molecular flexibility index (Phi) is 7.80. The lowest BCUT2D eigenvalue weighted by atomic mass is 9.97. The van der Waals surface area contributed by atoms with Crippen molar-refractivity contribution in [3.63, 3.8) is 0 Å². The second kappa shape index (κ2) is 12.0. The van der Waals surface area contributed by atoms with Gasteiger partial charge in [0.05, 0.1) is 11.3 Å². The van der Waals surface area contributed by atoms with Crippen LogP contribution in [0.4, 0.5) is 11.4 Å². The maximum atomic E-state index is 14.2. The van der Waals surface area contributed by atoms with Gasteiger partial charge in [-0.2, -0.15) is 0 Å². The zero-order valence-electron chi connectivity index (χ0n) is 24.2.